The molecule has 0 saturated carbocycles. The summed E-state index contributed by atoms with van der Waals surface area (Å²) in [4.78, 5) is 11.7. The van der Waals surface area contributed by atoms with Crippen molar-refractivity contribution in [3.63, 3.8) is 0 Å². The predicted octanol–water partition coefficient (Wildman–Crippen LogP) is 4.14. The number of hydrogen-bond donors (Lipinski definition) is 3. The number of carbonyl (C=O) groups excluding carboxylic acids is 1. The maximum Gasteiger partial charge on any atom is 0.323 e. The SMILES string of the molecule is Cc1ccc(NC(=O)Nc2ccc(O)cc2Cl)cc1F. The normalized spacial score (nSPS) is 10.2. The zero-order valence-electron chi connectivity index (χ0n) is 10.6. The fraction of sp³-hybridized carbons (Fsp3) is 0.0714. The van der Waals surface area contributed by atoms with E-state index >= 15 is 0 Å². The van der Waals surface area contributed by atoms with Gasteiger partial charge in [-0.2, -0.15) is 0 Å². The van der Waals surface area contributed by atoms with Crippen LogP contribution in [0.3, 0.4) is 0 Å². The van der Waals surface area contributed by atoms with E-state index < -0.39 is 11.8 Å². The van der Waals surface area contributed by atoms with Gasteiger partial charge in [-0.3, -0.25) is 0 Å². The van der Waals surface area contributed by atoms with Crippen LogP contribution in [0.15, 0.2) is 36.4 Å². The fourth-order valence-corrected chi connectivity index (χ4v) is 1.78. The molecule has 2 aromatic carbocycles. The molecule has 0 radical (unpaired) electrons. The summed E-state index contributed by atoms with van der Waals surface area (Å²) < 4.78 is 13.3. The van der Waals surface area contributed by atoms with Crippen LogP contribution in [0.25, 0.3) is 0 Å². The molecule has 0 aliphatic heterocycles. The van der Waals surface area contributed by atoms with Crippen LogP contribution in [0.2, 0.25) is 5.02 Å². The Morgan fingerprint density at radius 2 is 1.95 bits per heavy atom. The van der Waals surface area contributed by atoms with Crippen molar-refractivity contribution in [2.45, 2.75) is 6.92 Å². The summed E-state index contributed by atoms with van der Waals surface area (Å²) in [6, 6.07) is 8.01. The van der Waals surface area contributed by atoms with Gasteiger partial charge in [0.25, 0.3) is 0 Å². The first-order valence-corrected chi connectivity index (χ1v) is 6.16. The fourth-order valence-electron chi connectivity index (χ4n) is 1.56. The third-order valence-electron chi connectivity index (χ3n) is 2.63. The average Bonchev–Trinajstić information content (AvgIpc) is 2.37. The third kappa shape index (κ3) is 3.39. The molecule has 0 spiro atoms. The zero-order valence-corrected chi connectivity index (χ0v) is 11.3. The smallest absolute Gasteiger partial charge is 0.323 e. The minimum absolute atomic E-state index is 0.00145. The van der Waals surface area contributed by atoms with Gasteiger partial charge >= 0.3 is 6.03 Å². The maximum absolute atomic E-state index is 13.3. The van der Waals surface area contributed by atoms with Crippen molar-refractivity contribution in [1.82, 2.24) is 0 Å². The second kappa shape index (κ2) is 5.79. The number of nitrogens with one attached hydrogen (secondary N) is 2. The highest BCUT2D eigenvalue weighted by Gasteiger charge is 2.07. The van der Waals surface area contributed by atoms with Crippen molar-refractivity contribution in [2.24, 2.45) is 0 Å². The molecule has 0 saturated heterocycles. The summed E-state index contributed by atoms with van der Waals surface area (Å²) in [7, 11) is 0. The van der Waals surface area contributed by atoms with Gasteiger partial charge in [0.2, 0.25) is 0 Å². The lowest BCUT2D eigenvalue weighted by Crippen LogP contribution is -2.19. The number of carbonyl (C=O) groups is 1. The van der Waals surface area contributed by atoms with Gasteiger partial charge < -0.3 is 15.7 Å². The van der Waals surface area contributed by atoms with E-state index in [2.05, 4.69) is 10.6 Å². The van der Waals surface area contributed by atoms with Crippen molar-refractivity contribution in [3.05, 3.63) is 52.8 Å². The van der Waals surface area contributed by atoms with Crippen LogP contribution < -0.4 is 10.6 Å². The minimum atomic E-state index is -0.555. The largest absolute Gasteiger partial charge is 0.508 e. The number of benzene rings is 2. The van der Waals surface area contributed by atoms with E-state index in [-0.39, 0.29) is 10.8 Å². The number of aromatic hydroxyl groups is 1. The molecule has 2 amide bonds. The molecule has 2 aromatic rings. The Morgan fingerprint density at radius 3 is 2.60 bits per heavy atom. The standard InChI is InChI=1S/C14H12ClFN2O2/c1-8-2-3-9(6-12(8)16)17-14(20)18-13-5-4-10(19)7-11(13)15/h2-7,19H,1H3,(H2,17,18,20). The quantitative estimate of drug-likeness (QED) is 0.729. The summed E-state index contributed by atoms with van der Waals surface area (Å²) in [5.41, 5.74) is 1.17. The van der Waals surface area contributed by atoms with E-state index in [1.54, 1.807) is 19.1 Å². The molecule has 0 aliphatic carbocycles. The number of phenolic OH excluding ortho intramolecular Hbond substituents is 1. The number of halogens is 2. The van der Waals surface area contributed by atoms with E-state index in [9.17, 15) is 14.3 Å². The first-order chi connectivity index (χ1) is 9.45. The van der Waals surface area contributed by atoms with Crippen molar-refractivity contribution < 1.29 is 14.3 Å². The lowest BCUT2D eigenvalue weighted by atomic mass is 10.2. The molecular formula is C14H12ClFN2O2. The molecule has 0 aliphatic rings. The molecular weight excluding hydrogens is 283 g/mol. The summed E-state index contributed by atoms with van der Waals surface area (Å²) in [5, 5.41) is 14.4. The second-order valence-corrected chi connectivity index (χ2v) is 4.61. The molecule has 20 heavy (non-hydrogen) atoms. The predicted molar refractivity (Wildman–Crippen MR) is 76.9 cm³/mol. The average molecular weight is 295 g/mol. The lowest BCUT2D eigenvalue weighted by molar-refractivity contribution is 0.262. The van der Waals surface area contributed by atoms with Crippen molar-refractivity contribution in [2.75, 3.05) is 10.6 Å². The molecule has 0 atom stereocenters. The molecule has 4 nitrogen and oxygen atoms in total. The van der Waals surface area contributed by atoms with Crippen LogP contribution in [-0.4, -0.2) is 11.1 Å². The number of anilines is 2. The van der Waals surface area contributed by atoms with Crippen molar-refractivity contribution in [3.8, 4) is 5.75 Å². The van der Waals surface area contributed by atoms with Gasteiger partial charge in [0.1, 0.15) is 11.6 Å². The molecule has 3 N–H and O–H groups in total. The first kappa shape index (κ1) is 14.1. The number of urea groups is 1. The van der Waals surface area contributed by atoms with Crippen LogP contribution >= 0.6 is 11.6 Å². The zero-order chi connectivity index (χ0) is 14.7. The molecule has 0 unspecified atom stereocenters. The van der Waals surface area contributed by atoms with Crippen molar-refractivity contribution >= 4 is 29.0 Å². The third-order valence-corrected chi connectivity index (χ3v) is 2.94. The topological polar surface area (TPSA) is 61.4 Å². The number of rotatable bonds is 2. The van der Waals surface area contributed by atoms with Gasteiger partial charge in [-0.25, -0.2) is 9.18 Å². The van der Waals surface area contributed by atoms with E-state index in [0.717, 1.165) is 0 Å². The summed E-state index contributed by atoms with van der Waals surface area (Å²) in [5.74, 6) is -0.396. The molecule has 0 heterocycles. The highest BCUT2D eigenvalue weighted by Crippen LogP contribution is 2.26. The van der Waals surface area contributed by atoms with Crippen LogP contribution in [-0.2, 0) is 0 Å². The van der Waals surface area contributed by atoms with Crippen LogP contribution in [0.5, 0.6) is 5.75 Å². The Labute approximate surface area is 120 Å². The minimum Gasteiger partial charge on any atom is -0.508 e. The second-order valence-electron chi connectivity index (χ2n) is 4.21. The summed E-state index contributed by atoms with van der Waals surface area (Å²) >= 11 is 5.86. The molecule has 0 fully saturated rings. The Morgan fingerprint density at radius 1 is 1.20 bits per heavy atom. The molecule has 2 rings (SSSR count). The van der Waals surface area contributed by atoms with Gasteiger partial charge in [-0.15, -0.1) is 0 Å². The summed E-state index contributed by atoms with van der Waals surface area (Å²) in [6.45, 7) is 1.63. The van der Waals surface area contributed by atoms with Crippen LogP contribution in [0.1, 0.15) is 5.56 Å². The summed E-state index contributed by atoms with van der Waals surface area (Å²) in [6.07, 6.45) is 0. The van der Waals surface area contributed by atoms with E-state index in [1.165, 1.54) is 24.3 Å². The number of amides is 2. The van der Waals surface area contributed by atoms with Gasteiger partial charge in [0, 0.05) is 11.8 Å². The van der Waals surface area contributed by atoms with E-state index in [1.807, 2.05) is 0 Å². The van der Waals surface area contributed by atoms with E-state index in [4.69, 9.17) is 11.6 Å². The van der Waals surface area contributed by atoms with Gasteiger partial charge in [0.15, 0.2) is 0 Å². The Bertz CT molecular complexity index is 662. The molecule has 0 bridgehead atoms. The number of hydrogen-bond acceptors (Lipinski definition) is 2. The molecule has 104 valence electrons. The Balaban J connectivity index is 2.07. The van der Waals surface area contributed by atoms with Crippen LogP contribution in [0.4, 0.5) is 20.6 Å². The molecule has 6 heteroatoms. The Hall–Kier alpha value is -2.27. The van der Waals surface area contributed by atoms with Crippen LogP contribution in [0, 0.1) is 12.7 Å². The maximum atomic E-state index is 13.3. The highest BCUT2D eigenvalue weighted by molar-refractivity contribution is 6.34. The number of aryl methyl sites for hydroxylation is 1. The Kier molecular flexibility index (Phi) is 4.10. The van der Waals surface area contributed by atoms with Gasteiger partial charge in [-0.1, -0.05) is 17.7 Å². The lowest BCUT2D eigenvalue weighted by Gasteiger charge is -2.09. The first-order valence-electron chi connectivity index (χ1n) is 5.78. The van der Waals surface area contributed by atoms with Crippen molar-refractivity contribution in [1.29, 1.82) is 0 Å². The van der Waals surface area contributed by atoms with Gasteiger partial charge in [-0.05, 0) is 36.8 Å². The van der Waals surface area contributed by atoms with E-state index in [0.29, 0.717) is 16.9 Å². The van der Waals surface area contributed by atoms with Gasteiger partial charge in [0.05, 0.1) is 10.7 Å². The highest BCUT2D eigenvalue weighted by atomic mass is 35.5. The molecule has 0 aromatic heterocycles. The monoisotopic (exact) mass is 294 g/mol. The number of phenols is 1.